The molecule has 2 aliphatic rings. The minimum absolute atomic E-state index is 0.166. The quantitative estimate of drug-likeness (QED) is 0.907. The Morgan fingerprint density at radius 3 is 2.77 bits per heavy atom. The van der Waals surface area contributed by atoms with Crippen molar-refractivity contribution >= 4 is 5.91 Å². The van der Waals surface area contributed by atoms with Crippen molar-refractivity contribution in [2.45, 2.75) is 38.3 Å². The van der Waals surface area contributed by atoms with Gasteiger partial charge >= 0.3 is 0 Å². The molecule has 0 radical (unpaired) electrons. The van der Waals surface area contributed by atoms with Crippen molar-refractivity contribution in [3.63, 3.8) is 0 Å². The van der Waals surface area contributed by atoms with Crippen LogP contribution in [0.25, 0.3) is 0 Å². The average Bonchev–Trinajstić information content (AvgIpc) is 3.17. The summed E-state index contributed by atoms with van der Waals surface area (Å²) in [5.41, 5.74) is 7.12. The Balaban J connectivity index is 1.39. The molecular formula is C18H26N2O2. The highest BCUT2D eigenvalue weighted by atomic mass is 16.5. The summed E-state index contributed by atoms with van der Waals surface area (Å²) in [5.74, 6) is 0.959. The van der Waals surface area contributed by atoms with E-state index in [0.717, 1.165) is 45.4 Å². The van der Waals surface area contributed by atoms with Crippen LogP contribution in [0.1, 0.15) is 31.2 Å². The van der Waals surface area contributed by atoms with Crippen LogP contribution in [0.3, 0.4) is 0 Å². The highest BCUT2D eigenvalue weighted by Gasteiger charge is 2.34. The number of carbonyl (C=O) groups excluding carboxylic acids is 1. The molecule has 0 bridgehead atoms. The van der Waals surface area contributed by atoms with Gasteiger partial charge in [-0.25, -0.2) is 0 Å². The molecule has 4 heteroatoms. The number of hydrogen-bond donors (Lipinski definition) is 1. The summed E-state index contributed by atoms with van der Waals surface area (Å²) >= 11 is 0. The number of rotatable bonds is 5. The molecule has 1 aromatic rings. The normalized spacial score (nSPS) is 28.2. The minimum atomic E-state index is 0.166. The number of nitrogens with two attached hydrogens (primary N) is 1. The predicted molar refractivity (Wildman–Crippen MR) is 86.1 cm³/mol. The zero-order valence-electron chi connectivity index (χ0n) is 13.1. The average molecular weight is 302 g/mol. The molecule has 1 aromatic carbocycles. The van der Waals surface area contributed by atoms with Crippen LogP contribution in [-0.4, -0.2) is 36.5 Å². The fraction of sp³-hybridized carbons (Fsp3) is 0.611. The predicted octanol–water partition coefficient (Wildman–Crippen LogP) is 2.18. The van der Waals surface area contributed by atoms with Crippen LogP contribution in [0.4, 0.5) is 0 Å². The lowest BCUT2D eigenvalue weighted by molar-refractivity contribution is -0.134. The van der Waals surface area contributed by atoms with Gasteiger partial charge in [-0.05, 0) is 31.2 Å². The third kappa shape index (κ3) is 3.87. The third-order valence-electron chi connectivity index (χ3n) is 4.89. The van der Waals surface area contributed by atoms with E-state index in [-0.39, 0.29) is 12.0 Å². The molecule has 3 rings (SSSR count). The summed E-state index contributed by atoms with van der Waals surface area (Å²) in [5, 5.41) is 0. The summed E-state index contributed by atoms with van der Waals surface area (Å²) in [6, 6.07) is 10.4. The summed E-state index contributed by atoms with van der Waals surface area (Å²) in [4.78, 5) is 14.5. The van der Waals surface area contributed by atoms with Gasteiger partial charge in [0, 0.05) is 31.0 Å². The van der Waals surface area contributed by atoms with Crippen LogP contribution in [0.15, 0.2) is 30.3 Å². The van der Waals surface area contributed by atoms with Crippen LogP contribution in [-0.2, 0) is 16.1 Å². The molecule has 1 aliphatic heterocycles. The Morgan fingerprint density at radius 2 is 2.05 bits per heavy atom. The van der Waals surface area contributed by atoms with Gasteiger partial charge in [0.2, 0.25) is 5.91 Å². The van der Waals surface area contributed by atoms with E-state index >= 15 is 0 Å². The SMILES string of the molecule is NC1CCC(C(=O)N2CCC(COCc3ccccc3)C2)C1. The van der Waals surface area contributed by atoms with Gasteiger partial charge in [0.05, 0.1) is 13.2 Å². The Labute approximate surface area is 132 Å². The zero-order valence-corrected chi connectivity index (χ0v) is 13.1. The molecule has 1 heterocycles. The summed E-state index contributed by atoms with van der Waals surface area (Å²) in [7, 11) is 0. The van der Waals surface area contributed by atoms with Crippen molar-refractivity contribution in [1.29, 1.82) is 0 Å². The molecule has 2 N–H and O–H groups in total. The van der Waals surface area contributed by atoms with Crippen molar-refractivity contribution in [1.82, 2.24) is 4.90 Å². The van der Waals surface area contributed by atoms with Crippen LogP contribution in [0, 0.1) is 11.8 Å². The Bertz CT molecular complexity index is 491. The van der Waals surface area contributed by atoms with E-state index in [0.29, 0.717) is 18.4 Å². The fourth-order valence-corrected chi connectivity index (χ4v) is 3.59. The number of nitrogens with zero attached hydrogens (tertiary/aromatic N) is 1. The van der Waals surface area contributed by atoms with Crippen LogP contribution < -0.4 is 5.73 Å². The van der Waals surface area contributed by atoms with Crippen molar-refractivity contribution in [2.24, 2.45) is 17.6 Å². The first-order valence-corrected chi connectivity index (χ1v) is 8.38. The Hall–Kier alpha value is -1.39. The van der Waals surface area contributed by atoms with Gasteiger partial charge in [0.15, 0.2) is 0 Å². The van der Waals surface area contributed by atoms with Crippen LogP contribution in [0.5, 0.6) is 0 Å². The number of hydrogen-bond acceptors (Lipinski definition) is 3. The third-order valence-corrected chi connectivity index (χ3v) is 4.89. The van der Waals surface area contributed by atoms with Crippen molar-refractivity contribution in [3.05, 3.63) is 35.9 Å². The van der Waals surface area contributed by atoms with E-state index < -0.39 is 0 Å². The van der Waals surface area contributed by atoms with Gasteiger partial charge in [0.25, 0.3) is 0 Å². The van der Waals surface area contributed by atoms with E-state index in [1.165, 1.54) is 5.56 Å². The lowest BCUT2D eigenvalue weighted by atomic mass is 10.1. The Kier molecular flexibility index (Phi) is 5.11. The lowest BCUT2D eigenvalue weighted by Gasteiger charge is -2.20. The number of benzene rings is 1. The molecule has 0 aromatic heterocycles. The van der Waals surface area contributed by atoms with Gasteiger partial charge in [-0.1, -0.05) is 30.3 Å². The van der Waals surface area contributed by atoms with Gasteiger partial charge in [-0.2, -0.15) is 0 Å². The minimum Gasteiger partial charge on any atom is -0.376 e. The summed E-state index contributed by atoms with van der Waals surface area (Å²) in [6.45, 7) is 3.12. The maximum atomic E-state index is 12.5. The topological polar surface area (TPSA) is 55.6 Å². The van der Waals surface area contributed by atoms with Gasteiger partial charge < -0.3 is 15.4 Å². The zero-order chi connectivity index (χ0) is 15.4. The molecule has 120 valence electrons. The van der Waals surface area contributed by atoms with Crippen molar-refractivity contribution < 1.29 is 9.53 Å². The Morgan fingerprint density at radius 1 is 1.23 bits per heavy atom. The van der Waals surface area contributed by atoms with Crippen LogP contribution in [0.2, 0.25) is 0 Å². The fourth-order valence-electron chi connectivity index (χ4n) is 3.59. The molecule has 3 atom stereocenters. The standard InChI is InChI=1S/C18H26N2O2/c19-17-7-6-16(10-17)18(21)20-9-8-15(11-20)13-22-12-14-4-2-1-3-5-14/h1-5,15-17H,6-13,19H2. The summed E-state index contributed by atoms with van der Waals surface area (Å²) in [6.07, 6.45) is 3.88. The molecule has 2 fully saturated rings. The molecule has 1 saturated heterocycles. The largest absolute Gasteiger partial charge is 0.376 e. The monoisotopic (exact) mass is 302 g/mol. The number of ether oxygens (including phenoxy) is 1. The molecule has 1 amide bonds. The first kappa shape index (κ1) is 15.5. The second kappa shape index (κ2) is 7.25. The molecule has 1 saturated carbocycles. The molecule has 22 heavy (non-hydrogen) atoms. The van der Waals surface area contributed by atoms with E-state index in [4.69, 9.17) is 10.5 Å². The highest BCUT2D eigenvalue weighted by Crippen LogP contribution is 2.28. The smallest absolute Gasteiger partial charge is 0.225 e. The van der Waals surface area contributed by atoms with Crippen LogP contribution >= 0.6 is 0 Å². The molecule has 0 spiro atoms. The molecule has 1 aliphatic carbocycles. The maximum Gasteiger partial charge on any atom is 0.225 e. The molecule has 4 nitrogen and oxygen atoms in total. The van der Waals surface area contributed by atoms with Gasteiger partial charge in [-0.15, -0.1) is 0 Å². The number of carbonyl (C=O) groups is 1. The first-order valence-electron chi connectivity index (χ1n) is 8.38. The number of amides is 1. The highest BCUT2D eigenvalue weighted by molar-refractivity contribution is 5.79. The van der Waals surface area contributed by atoms with E-state index in [1.54, 1.807) is 0 Å². The van der Waals surface area contributed by atoms with E-state index in [1.807, 2.05) is 23.1 Å². The van der Waals surface area contributed by atoms with Crippen molar-refractivity contribution in [3.8, 4) is 0 Å². The number of likely N-dealkylation sites (tertiary alicyclic amines) is 1. The lowest BCUT2D eigenvalue weighted by Crippen LogP contribution is -2.34. The molecular weight excluding hydrogens is 276 g/mol. The van der Waals surface area contributed by atoms with Gasteiger partial charge in [0.1, 0.15) is 0 Å². The summed E-state index contributed by atoms with van der Waals surface area (Å²) < 4.78 is 5.82. The van der Waals surface area contributed by atoms with E-state index in [9.17, 15) is 4.79 Å². The second-order valence-corrected chi connectivity index (χ2v) is 6.71. The second-order valence-electron chi connectivity index (χ2n) is 6.71. The maximum absolute atomic E-state index is 12.5. The van der Waals surface area contributed by atoms with Crippen molar-refractivity contribution in [2.75, 3.05) is 19.7 Å². The van der Waals surface area contributed by atoms with Gasteiger partial charge in [-0.3, -0.25) is 4.79 Å². The first-order chi connectivity index (χ1) is 10.7. The molecule has 3 unspecified atom stereocenters. The van der Waals surface area contributed by atoms with E-state index in [2.05, 4.69) is 12.1 Å².